The fourth-order valence-electron chi connectivity index (χ4n) is 2.17. The first-order valence-corrected chi connectivity index (χ1v) is 7.75. The third kappa shape index (κ3) is 3.36. The molecule has 1 aromatic carbocycles. The number of unbranched alkanes of at least 4 members (excludes halogenated alkanes) is 3. The molecule has 0 unspecified atom stereocenters. The molecule has 0 atom stereocenters. The predicted molar refractivity (Wildman–Crippen MR) is 84.2 cm³/mol. The van der Waals surface area contributed by atoms with Crippen molar-refractivity contribution in [2.45, 2.75) is 46.1 Å². The Hall–Kier alpha value is -1.43. The number of tetrazole rings is 1. The number of hydrogen-bond acceptors (Lipinski definition) is 4. The molecule has 0 bridgehead atoms. The Kier molecular flexibility index (Phi) is 5.11. The predicted octanol–water partition coefficient (Wildman–Crippen LogP) is 3.57. The molecule has 108 valence electrons. The third-order valence-electron chi connectivity index (χ3n) is 3.41. The van der Waals surface area contributed by atoms with Crippen LogP contribution in [0.5, 0.6) is 0 Å². The average Bonchev–Trinajstić information content (AvgIpc) is 2.87. The molecule has 2 N–H and O–H groups in total. The lowest BCUT2D eigenvalue weighted by Gasteiger charge is -2.10. The van der Waals surface area contributed by atoms with Crippen LogP contribution in [0.15, 0.2) is 16.6 Å². The van der Waals surface area contributed by atoms with Crippen LogP contribution >= 0.6 is 15.9 Å². The quantitative estimate of drug-likeness (QED) is 0.646. The van der Waals surface area contributed by atoms with Gasteiger partial charge in [0.2, 0.25) is 0 Å². The first kappa shape index (κ1) is 15.0. The van der Waals surface area contributed by atoms with Crippen LogP contribution < -0.4 is 5.73 Å². The summed E-state index contributed by atoms with van der Waals surface area (Å²) in [5.74, 6) is 0.784. The lowest BCUT2D eigenvalue weighted by molar-refractivity contribution is 0.531. The van der Waals surface area contributed by atoms with Crippen molar-refractivity contribution in [2.75, 3.05) is 5.73 Å². The second kappa shape index (κ2) is 6.83. The van der Waals surface area contributed by atoms with Gasteiger partial charge in [-0.2, -0.15) is 0 Å². The van der Waals surface area contributed by atoms with Crippen molar-refractivity contribution in [1.82, 2.24) is 20.2 Å². The van der Waals surface area contributed by atoms with E-state index in [4.69, 9.17) is 5.73 Å². The molecule has 20 heavy (non-hydrogen) atoms. The summed E-state index contributed by atoms with van der Waals surface area (Å²) in [6.07, 6.45) is 4.77. The summed E-state index contributed by atoms with van der Waals surface area (Å²) in [6.45, 7) is 5.04. The minimum atomic E-state index is 0.745. The number of nitrogen functional groups attached to an aromatic ring is 1. The van der Waals surface area contributed by atoms with Crippen LogP contribution in [0.25, 0.3) is 11.4 Å². The highest BCUT2D eigenvalue weighted by Gasteiger charge is 2.13. The molecule has 1 aromatic heterocycles. The smallest absolute Gasteiger partial charge is 0.182 e. The largest absolute Gasteiger partial charge is 0.398 e. The van der Waals surface area contributed by atoms with E-state index in [0.717, 1.165) is 40.1 Å². The summed E-state index contributed by atoms with van der Waals surface area (Å²) in [6, 6.07) is 3.91. The molecule has 0 saturated carbocycles. The van der Waals surface area contributed by atoms with Gasteiger partial charge in [0.1, 0.15) is 0 Å². The van der Waals surface area contributed by atoms with E-state index in [1.54, 1.807) is 0 Å². The number of aromatic nitrogens is 4. The van der Waals surface area contributed by atoms with Gasteiger partial charge in [0.15, 0.2) is 5.82 Å². The Morgan fingerprint density at radius 2 is 2.05 bits per heavy atom. The molecule has 0 saturated heterocycles. The molecule has 6 heteroatoms. The van der Waals surface area contributed by atoms with E-state index in [1.807, 2.05) is 23.7 Å². The van der Waals surface area contributed by atoms with Gasteiger partial charge in [-0.05, 0) is 41.5 Å². The number of nitrogens with two attached hydrogens (primary N) is 1. The van der Waals surface area contributed by atoms with Crippen LogP contribution in [0.3, 0.4) is 0 Å². The summed E-state index contributed by atoms with van der Waals surface area (Å²) in [5.41, 5.74) is 8.75. The summed E-state index contributed by atoms with van der Waals surface area (Å²) >= 11 is 3.47. The summed E-state index contributed by atoms with van der Waals surface area (Å²) in [5, 5.41) is 12.0. The molecule has 2 aromatic rings. The van der Waals surface area contributed by atoms with Gasteiger partial charge in [-0.15, -0.1) is 5.10 Å². The monoisotopic (exact) mass is 337 g/mol. The summed E-state index contributed by atoms with van der Waals surface area (Å²) in [4.78, 5) is 0. The van der Waals surface area contributed by atoms with Crippen LogP contribution in [0.2, 0.25) is 0 Å². The highest BCUT2D eigenvalue weighted by Crippen LogP contribution is 2.29. The number of hydrogen-bond donors (Lipinski definition) is 1. The van der Waals surface area contributed by atoms with Crippen molar-refractivity contribution < 1.29 is 0 Å². The molecule has 0 radical (unpaired) electrons. The maximum Gasteiger partial charge on any atom is 0.182 e. The molecular formula is C14H20BrN5. The standard InChI is InChI=1S/C14H20BrN5/c1-3-4-5-6-7-20-14(17-18-19-20)12-8-11(15)9-13(16)10(12)2/h8-9H,3-7,16H2,1-2H3. The Balaban J connectivity index is 2.23. The van der Waals surface area contributed by atoms with E-state index in [2.05, 4.69) is 38.4 Å². The second-order valence-electron chi connectivity index (χ2n) is 4.95. The van der Waals surface area contributed by atoms with Crippen molar-refractivity contribution >= 4 is 21.6 Å². The third-order valence-corrected chi connectivity index (χ3v) is 3.87. The molecule has 1 heterocycles. The highest BCUT2D eigenvalue weighted by atomic mass is 79.9. The van der Waals surface area contributed by atoms with Gasteiger partial charge in [0.25, 0.3) is 0 Å². The molecule has 0 spiro atoms. The van der Waals surface area contributed by atoms with Gasteiger partial charge in [-0.1, -0.05) is 42.1 Å². The minimum Gasteiger partial charge on any atom is -0.398 e. The van der Waals surface area contributed by atoms with Gasteiger partial charge in [0, 0.05) is 22.3 Å². The maximum atomic E-state index is 6.01. The fraction of sp³-hybridized carbons (Fsp3) is 0.500. The molecule has 0 aliphatic carbocycles. The molecule has 0 fully saturated rings. The van der Waals surface area contributed by atoms with Crippen LogP contribution in [0.1, 0.15) is 38.2 Å². The van der Waals surface area contributed by atoms with E-state index in [-0.39, 0.29) is 0 Å². The Morgan fingerprint density at radius 1 is 1.25 bits per heavy atom. The molecule has 5 nitrogen and oxygen atoms in total. The lowest BCUT2D eigenvalue weighted by Crippen LogP contribution is -2.05. The molecule has 0 aliphatic heterocycles. The zero-order valence-electron chi connectivity index (χ0n) is 11.9. The normalized spacial score (nSPS) is 10.9. The number of halogens is 1. The van der Waals surface area contributed by atoms with E-state index in [9.17, 15) is 0 Å². The van der Waals surface area contributed by atoms with Crippen LogP contribution in [0.4, 0.5) is 5.69 Å². The van der Waals surface area contributed by atoms with Crippen LogP contribution in [-0.4, -0.2) is 20.2 Å². The van der Waals surface area contributed by atoms with E-state index >= 15 is 0 Å². The SMILES string of the molecule is CCCCCCn1nnnc1-c1cc(Br)cc(N)c1C. The maximum absolute atomic E-state index is 6.01. The molecule has 2 rings (SSSR count). The number of rotatable bonds is 6. The van der Waals surface area contributed by atoms with E-state index in [1.165, 1.54) is 19.3 Å². The van der Waals surface area contributed by atoms with Crippen LogP contribution in [-0.2, 0) is 6.54 Å². The zero-order chi connectivity index (χ0) is 14.5. The van der Waals surface area contributed by atoms with Crippen molar-refractivity contribution in [3.05, 3.63) is 22.2 Å². The Labute approximate surface area is 127 Å². The van der Waals surface area contributed by atoms with Crippen molar-refractivity contribution in [1.29, 1.82) is 0 Å². The van der Waals surface area contributed by atoms with Gasteiger partial charge in [0.05, 0.1) is 0 Å². The molecule has 0 aliphatic rings. The number of benzene rings is 1. The summed E-state index contributed by atoms with van der Waals surface area (Å²) in [7, 11) is 0. The van der Waals surface area contributed by atoms with Crippen LogP contribution in [0, 0.1) is 6.92 Å². The Bertz CT molecular complexity index is 579. The average molecular weight is 338 g/mol. The molecular weight excluding hydrogens is 318 g/mol. The topological polar surface area (TPSA) is 69.6 Å². The highest BCUT2D eigenvalue weighted by molar-refractivity contribution is 9.10. The van der Waals surface area contributed by atoms with Crippen molar-refractivity contribution in [3.8, 4) is 11.4 Å². The van der Waals surface area contributed by atoms with Crippen molar-refractivity contribution in [2.24, 2.45) is 0 Å². The lowest BCUT2D eigenvalue weighted by atomic mass is 10.1. The van der Waals surface area contributed by atoms with E-state index < -0.39 is 0 Å². The first-order valence-electron chi connectivity index (χ1n) is 6.95. The second-order valence-corrected chi connectivity index (χ2v) is 5.87. The molecule has 0 amide bonds. The van der Waals surface area contributed by atoms with Gasteiger partial charge >= 0.3 is 0 Å². The number of anilines is 1. The van der Waals surface area contributed by atoms with E-state index in [0.29, 0.717) is 0 Å². The summed E-state index contributed by atoms with van der Waals surface area (Å²) < 4.78 is 2.81. The van der Waals surface area contributed by atoms with Gasteiger partial charge in [-0.25, -0.2) is 4.68 Å². The van der Waals surface area contributed by atoms with Gasteiger partial charge < -0.3 is 5.73 Å². The number of aryl methyl sites for hydroxylation is 1. The first-order chi connectivity index (χ1) is 9.63. The van der Waals surface area contributed by atoms with Crippen molar-refractivity contribution in [3.63, 3.8) is 0 Å². The fourth-order valence-corrected chi connectivity index (χ4v) is 2.64. The number of nitrogens with zero attached hydrogens (tertiary/aromatic N) is 4. The Morgan fingerprint density at radius 3 is 2.80 bits per heavy atom. The zero-order valence-corrected chi connectivity index (χ0v) is 13.5. The van der Waals surface area contributed by atoms with Gasteiger partial charge in [-0.3, -0.25) is 0 Å². The minimum absolute atomic E-state index is 0.745.